The summed E-state index contributed by atoms with van der Waals surface area (Å²) in [5.74, 6) is 1.29. The Bertz CT molecular complexity index is 377. The Morgan fingerprint density at radius 1 is 1.11 bits per heavy atom. The topological polar surface area (TPSA) is 12.0 Å². The van der Waals surface area contributed by atoms with Crippen LogP contribution in [-0.2, 0) is 6.42 Å². The van der Waals surface area contributed by atoms with Gasteiger partial charge in [0.05, 0.1) is 10.0 Å². The molecule has 1 aromatic rings. The Balaban J connectivity index is 2.79. The van der Waals surface area contributed by atoms with Crippen molar-refractivity contribution in [2.24, 2.45) is 11.8 Å². The largest absolute Gasteiger partial charge is 0.314 e. The van der Waals surface area contributed by atoms with Gasteiger partial charge < -0.3 is 5.32 Å². The Morgan fingerprint density at radius 3 is 2.28 bits per heavy atom. The molecular weight excluding hydrogens is 265 g/mol. The van der Waals surface area contributed by atoms with E-state index in [1.54, 1.807) is 0 Å². The zero-order valence-electron chi connectivity index (χ0n) is 11.6. The molecule has 0 spiro atoms. The summed E-state index contributed by atoms with van der Waals surface area (Å²) in [4.78, 5) is 0. The Hall–Kier alpha value is -0.240. The quantitative estimate of drug-likeness (QED) is 0.792. The van der Waals surface area contributed by atoms with E-state index in [0.717, 1.165) is 13.0 Å². The number of rotatable bonds is 6. The molecule has 0 aliphatic rings. The van der Waals surface area contributed by atoms with Gasteiger partial charge in [-0.1, -0.05) is 57.0 Å². The first-order valence-corrected chi connectivity index (χ1v) is 7.38. The molecule has 0 bridgehead atoms. The van der Waals surface area contributed by atoms with Crippen molar-refractivity contribution >= 4 is 23.2 Å². The molecule has 18 heavy (non-hydrogen) atoms. The molecule has 2 atom stereocenters. The van der Waals surface area contributed by atoms with Crippen molar-refractivity contribution in [2.75, 3.05) is 6.54 Å². The summed E-state index contributed by atoms with van der Waals surface area (Å²) in [6.45, 7) is 9.97. The summed E-state index contributed by atoms with van der Waals surface area (Å²) in [6.07, 6.45) is 0.990. The van der Waals surface area contributed by atoms with Gasteiger partial charge in [0.15, 0.2) is 0 Å². The molecule has 1 N–H and O–H groups in total. The minimum absolute atomic E-state index is 0.479. The van der Waals surface area contributed by atoms with Gasteiger partial charge in [-0.25, -0.2) is 0 Å². The van der Waals surface area contributed by atoms with Crippen LogP contribution in [0.5, 0.6) is 0 Å². The molecule has 0 aliphatic carbocycles. The van der Waals surface area contributed by atoms with Crippen LogP contribution in [0, 0.1) is 11.8 Å². The zero-order valence-corrected chi connectivity index (χ0v) is 13.1. The first-order valence-electron chi connectivity index (χ1n) is 6.63. The van der Waals surface area contributed by atoms with E-state index >= 15 is 0 Å². The van der Waals surface area contributed by atoms with E-state index in [2.05, 4.69) is 39.1 Å². The summed E-state index contributed by atoms with van der Waals surface area (Å²) in [7, 11) is 0. The average molecular weight is 288 g/mol. The van der Waals surface area contributed by atoms with Gasteiger partial charge in [0.1, 0.15) is 0 Å². The molecule has 0 saturated carbocycles. The first-order chi connectivity index (χ1) is 8.45. The second-order valence-electron chi connectivity index (χ2n) is 5.22. The van der Waals surface area contributed by atoms with Gasteiger partial charge in [-0.3, -0.25) is 0 Å². The van der Waals surface area contributed by atoms with Crippen molar-refractivity contribution in [3.63, 3.8) is 0 Å². The van der Waals surface area contributed by atoms with Gasteiger partial charge in [-0.2, -0.15) is 0 Å². The van der Waals surface area contributed by atoms with Crippen LogP contribution in [0.3, 0.4) is 0 Å². The number of likely N-dealkylation sites (N-methyl/N-ethyl adjacent to an activating group) is 1. The SMILES string of the molecule is CCNC(Cc1ccc(Cl)c(Cl)c1)C(C)C(C)C. The van der Waals surface area contributed by atoms with Crippen molar-refractivity contribution in [3.05, 3.63) is 33.8 Å². The van der Waals surface area contributed by atoms with Crippen LogP contribution >= 0.6 is 23.2 Å². The summed E-state index contributed by atoms with van der Waals surface area (Å²) in [5, 5.41) is 4.83. The van der Waals surface area contributed by atoms with Gasteiger partial charge in [0.2, 0.25) is 0 Å². The molecule has 0 saturated heterocycles. The lowest BCUT2D eigenvalue weighted by atomic mass is 9.86. The van der Waals surface area contributed by atoms with E-state index in [-0.39, 0.29) is 0 Å². The molecule has 102 valence electrons. The van der Waals surface area contributed by atoms with Gasteiger partial charge in [-0.05, 0) is 42.5 Å². The van der Waals surface area contributed by atoms with Gasteiger partial charge >= 0.3 is 0 Å². The number of hydrogen-bond acceptors (Lipinski definition) is 1. The zero-order chi connectivity index (χ0) is 13.7. The van der Waals surface area contributed by atoms with E-state index in [0.29, 0.717) is 27.9 Å². The molecule has 0 amide bonds. The molecule has 0 radical (unpaired) electrons. The summed E-state index contributed by atoms with van der Waals surface area (Å²) >= 11 is 12.0. The average Bonchev–Trinajstić information content (AvgIpc) is 2.32. The van der Waals surface area contributed by atoms with Crippen molar-refractivity contribution < 1.29 is 0 Å². The highest BCUT2D eigenvalue weighted by molar-refractivity contribution is 6.42. The fourth-order valence-corrected chi connectivity index (χ4v) is 2.41. The maximum absolute atomic E-state index is 6.06. The molecule has 3 heteroatoms. The monoisotopic (exact) mass is 287 g/mol. The second-order valence-corrected chi connectivity index (χ2v) is 6.03. The van der Waals surface area contributed by atoms with Crippen molar-refractivity contribution in [2.45, 2.75) is 40.2 Å². The van der Waals surface area contributed by atoms with Crippen LogP contribution in [0.25, 0.3) is 0 Å². The van der Waals surface area contributed by atoms with E-state index in [1.165, 1.54) is 5.56 Å². The molecule has 2 unspecified atom stereocenters. The maximum Gasteiger partial charge on any atom is 0.0595 e. The third kappa shape index (κ3) is 4.46. The molecule has 0 aromatic heterocycles. The highest BCUT2D eigenvalue weighted by Gasteiger charge is 2.19. The normalized spacial score (nSPS) is 14.8. The van der Waals surface area contributed by atoms with Crippen molar-refractivity contribution in [3.8, 4) is 0 Å². The fourth-order valence-electron chi connectivity index (χ4n) is 2.09. The van der Waals surface area contributed by atoms with Gasteiger partial charge in [-0.15, -0.1) is 0 Å². The van der Waals surface area contributed by atoms with Crippen LogP contribution in [0.1, 0.15) is 33.3 Å². The molecule has 1 rings (SSSR count). The van der Waals surface area contributed by atoms with Gasteiger partial charge in [0.25, 0.3) is 0 Å². The number of nitrogens with one attached hydrogen (secondary N) is 1. The Morgan fingerprint density at radius 2 is 1.78 bits per heavy atom. The maximum atomic E-state index is 6.06. The van der Waals surface area contributed by atoms with Crippen molar-refractivity contribution in [1.29, 1.82) is 0 Å². The van der Waals surface area contributed by atoms with Crippen LogP contribution in [0.4, 0.5) is 0 Å². The van der Waals surface area contributed by atoms with Gasteiger partial charge in [0, 0.05) is 6.04 Å². The summed E-state index contributed by atoms with van der Waals surface area (Å²) < 4.78 is 0. The van der Waals surface area contributed by atoms with Crippen LogP contribution < -0.4 is 5.32 Å². The summed E-state index contributed by atoms with van der Waals surface area (Å²) in [6, 6.07) is 6.39. The molecule has 1 nitrogen and oxygen atoms in total. The van der Waals surface area contributed by atoms with Crippen LogP contribution in [0.2, 0.25) is 10.0 Å². The van der Waals surface area contributed by atoms with Crippen molar-refractivity contribution in [1.82, 2.24) is 5.32 Å². The van der Waals surface area contributed by atoms with E-state index in [1.807, 2.05) is 12.1 Å². The second kappa shape index (κ2) is 7.37. The number of halogens is 2. The predicted molar refractivity (Wildman–Crippen MR) is 81.6 cm³/mol. The minimum Gasteiger partial charge on any atom is -0.314 e. The van der Waals surface area contributed by atoms with Crippen LogP contribution in [0.15, 0.2) is 18.2 Å². The standard InChI is InChI=1S/C15H23Cl2N/c1-5-18-15(11(4)10(2)3)9-12-6-7-13(16)14(17)8-12/h6-8,10-11,15,18H,5,9H2,1-4H3. The smallest absolute Gasteiger partial charge is 0.0595 e. The van der Waals surface area contributed by atoms with E-state index in [9.17, 15) is 0 Å². The molecular formula is C15H23Cl2N. The molecule has 0 heterocycles. The Kier molecular flexibility index (Phi) is 6.48. The predicted octanol–water partition coefficient (Wildman–Crippen LogP) is 4.81. The highest BCUT2D eigenvalue weighted by Crippen LogP contribution is 2.25. The lowest BCUT2D eigenvalue weighted by Gasteiger charge is -2.28. The Labute approximate surface area is 121 Å². The van der Waals surface area contributed by atoms with E-state index < -0.39 is 0 Å². The molecule has 1 aromatic carbocycles. The first kappa shape index (κ1) is 15.8. The lowest BCUT2D eigenvalue weighted by Crippen LogP contribution is -2.38. The molecule has 0 fully saturated rings. The fraction of sp³-hybridized carbons (Fsp3) is 0.600. The summed E-state index contributed by atoms with van der Waals surface area (Å²) in [5.41, 5.74) is 1.24. The number of hydrogen-bond donors (Lipinski definition) is 1. The third-order valence-corrected chi connectivity index (χ3v) is 4.33. The van der Waals surface area contributed by atoms with Crippen LogP contribution in [-0.4, -0.2) is 12.6 Å². The van der Waals surface area contributed by atoms with E-state index in [4.69, 9.17) is 23.2 Å². The highest BCUT2D eigenvalue weighted by atomic mass is 35.5. The number of benzene rings is 1. The third-order valence-electron chi connectivity index (χ3n) is 3.59. The lowest BCUT2D eigenvalue weighted by molar-refractivity contribution is 0.300. The molecule has 0 aliphatic heterocycles. The minimum atomic E-state index is 0.479.